The average Bonchev–Trinajstić information content (AvgIpc) is 3.80. The van der Waals surface area contributed by atoms with E-state index in [2.05, 4.69) is 10.2 Å². The van der Waals surface area contributed by atoms with E-state index in [9.17, 15) is 28.0 Å². The van der Waals surface area contributed by atoms with Gasteiger partial charge in [-0.25, -0.2) is 13.8 Å². The molecule has 4 atom stereocenters. The lowest BCUT2D eigenvalue weighted by Gasteiger charge is -2.45. The normalized spacial score (nSPS) is 30.6. The molecule has 4 amide bonds. The number of amides is 4. The van der Waals surface area contributed by atoms with Crippen LogP contribution < -0.4 is 5.32 Å². The molecule has 6 aliphatic heterocycles. The first-order chi connectivity index (χ1) is 25.0. The molecule has 7 aliphatic rings. The van der Waals surface area contributed by atoms with Crippen molar-refractivity contribution in [3.63, 3.8) is 0 Å². The van der Waals surface area contributed by atoms with Crippen molar-refractivity contribution in [2.75, 3.05) is 58.9 Å². The summed E-state index contributed by atoms with van der Waals surface area (Å²) in [5.74, 6) is -1.72. The summed E-state index contributed by atoms with van der Waals surface area (Å²) in [7, 11) is 0. The molecular formula is C39H58F2N6O4S. The van der Waals surface area contributed by atoms with Crippen LogP contribution in [0.1, 0.15) is 111 Å². The van der Waals surface area contributed by atoms with Gasteiger partial charge in [-0.15, -0.1) is 11.3 Å². The van der Waals surface area contributed by atoms with Crippen molar-refractivity contribution in [2.45, 2.75) is 121 Å². The summed E-state index contributed by atoms with van der Waals surface area (Å²) >= 11 is 1.67. The van der Waals surface area contributed by atoms with E-state index in [-0.39, 0.29) is 84.9 Å². The fourth-order valence-corrected chi connectivity index (χ4v) is 11.1. The maximum Gasteiger partial charge on any atom is 0.248 e. The van der Waals surface area contributed by atoms with E-state index >= 15 is 0 Å². The lowest BCUT2D eigenvalue weighted by molar-refractivity contribution is -0.137. The minimum absolute atomic E-state index is 0.0237. The minimum atomic E-state index is -2.57. The zero-order valence-corrected chi connectivity index (χ0v) is 31.8. The molecule has 0 aromatic carbocycles. The van der Waals surface area contributed by atoms with E-state index in [1.54, 1.807) is 11.3 Å². The number of fused-ring (bicyclic) bond motifs is 8. The number of halogens is 2. The molecule has 0 unspecified atom stereocenters. The Morgan fingerprint density at radius 3 is 2.31 bits per heavy atom. The number of nitrogens with zero attached hydrogens (tertiary/aromatic N) is 5. The van der Waals surface area contributed by atoms with Gasteiger partial charge in [-0.3, -0.25) is 19.2 Å². The highest BCUT2D eigenvalue weighted by Crippen LogP contribution is 2.39. The number of rotatable bonds is 3. The second kappa shape index (κ2) is 16.4. The highest BCUT2D eigenvalue weighted by atomic mass is 32.1. The van der Waals surface area contributed by atoms with Gasteiger partial charge in [0.1, 0.15) is 0 Å². The summed E-state index contributed by atoms with van der Waals surface area (Å²) in [6, 6.07) is 0.141. The van der Waals surface area contributed by atoms with Gasteiger partial charge in [0.2, 0.25) is 29.6 Å². The molecule has 1 aliphatic carbocycles. The van der Waals surface area contributed by atoms with Gasteiger partial charge in [0.05, 0.1) is 17.1 Å². The van der Waals surface area contributed by atoms with Crippen LogP contribution in [0, 0.1) is 30.6 Å². The number of hydrogen-bond acceptors (Lipinski definition) is 7. The molecule has 52 heavy (non-hydrogen) atoms. The van der Waals surface area contributed by atoms with Crippen molar-refractivity contribution in [1.82, 2.24) is 29.9 Å². The number of carbonyl (C=O) groups excluding carboxylic acids is 4. The van der Waals surface area contributed by atoms with E-state index in [1.807, 2.05) is 21.6 Å². The van der Waals surface area contributed by atoms with Gasteiger partial charge in [0.15, 0.2) is 0 Å². The third kappa shape index (κ3) is 8.99. The van der Waals surface area contributed by atoms with Crippen LogP contribution in [0.2, 0.25) is 0 Å². The van der Waals surface area contributed by atoms with E-state index in [1.165, 1.54) is 0 Å². The number of nitrogens with one attached hydrogen (secondary N) is 1. The maximum atomic E-state index is 14.0. The molecule has 4 saturated heterocycles. The molecule has 0 spiro atoms. The SMILES string of the molecule is Cc1sc2nc1CC(=O)N1CC[C@@H](CC(=O)N3CCCC3)[C@@H](CC(=O)NCC[C@H]3CN(C4CCC(F)(F)CC4)CC[C@H]3CC(=O)N3CCC2CC3)C1. The van der Waals surface area contributed by atoms with Crippen molar-refractivity contribution in [3.05, 3.63) is 15.6 Å². The van der Waals surface area contributed by atoms with Crippen LogP contribution in [0.15, 0.2) is 0 Å². The molecule has 1 aromatic rings. The van der Waals surface area contributed by atoms with Crippen molar-refractivity contribution >= 4 is 35.0 Å². The van der Waals surface area contributed by atoms with Gasteiger partial charge in [-0.2, -0.15) is 0 Å². The number of hydrogen-bond donors (Lipinski definition) is 1. The molecule has 6 bridgehead atoms. The zero-order valence-electron chi connectivity index (χ0n) is 31.0. The molecular weight excluding hydrogens is 687 g/mol. The van der Waals surface area contributed by atoms with Gasteiger partial charge in [0, 0.05) is 101 Å². The lowest BCUT2D eigenvalue weighted by atomic mass is 9.79. The van der Waals surface area contributed by atoms with Crippen LogP contribution >= 0.6 is 11.3 Å². The largest absolute Gasteiger partial charge is 0.356 e. The number of likely N-dealkylation sites (tertiary alicyclic amines) is 2. The molecule has 8 rings (SSSR count). The molecule has 288 valence electrons. The number of carbonyl (C=O) groups is 4. The van der Waals surface area contributed by atoms with Crippen LogP contribution in [0.25, 0.3) is 0 Å². The molecule has 13 heteroatoms. The van der Waals surface area contributed by atoms with Gasteiger partial charge < -0.3 is 24.9 Å². The molecule has 0 radical (unpaired) electrons. The minimum Gasteiger partial charge on any atom is -0.356 e. The van der Waals surface area contributed by atoms with Crippen LogP contribution in [0.3, 0.4) is 0 Å². The molecule has 1 aromatic heterocycles. The van der Waals surface area contributed by atoms with Crippen LogP contribution in [0.4, 0.5) is 8.78 Å². The summed E-state index contributed by atoms with van der Waals surface area (Å²) in [5.41, 5.74) is 0.828. The first-order valence-electron chi connectivity index (χ1n) is 20.2. The average molecular weight is 745 g/mol. The first kappa shape index (κ1) is 37.6. The Balaban J connectivity index is 1.08. The molecule has 1 saturated carbocycles. The molecule has 5 fully saturated rings. The number of piperidine rings is 3. The van der Waals surface area contributed by atoms with Crippen LogP contribution in [-0.2, 0) is 25.6 Å². The number of alkyl halides is 2. The summed E-state index contributed by atoms with van der Waals surface area (Å²) in [6.45, 7) is 8.13. The molecule has 1 N–H and O–H groups in total. The van der Waals surface area contributed by atoms with Crippen LogP contribution in [0.5, 0.6) is 0 Å². The van der Waals surface area contributed by atoms with Gasteiger partial charge in [0.25, 0.3) is 0 Å². The van der Waals surface area contributed by atoms with Crippen molar-refractivity contribution in [1.29, 1.82) is 0 Å². The highest BCUT2D eigenvalue weighted by molar-refractivity contribution is 7.11. The Hall–Kier alpha value is -2.67. The highest BCUT2D eigenvalue weighted by Gasteiger charge is 2.41. The monoisotopic (exact) mass is 744 g/mol. The fraction of sp³-hybridized carbons (Fsp3) is 0.821. The lowest BCUT2D eigenvalue weighted by Crippen LogP contribution is -2.50. The number of aromatic nitrogens is 1. The smallest absolute Gasteiger partial charge is 0.248 e. The maximum absolute atomic E-state index is 14.0. The number of thiazole rings is 1. The van der Waals surface area contributed by atoms with Gasteiger partial charge in [-0.05, 0) is 94.9 Å². The summed E-state index contributed by atoms with van der Waals surface area (Å²) in [5, 5.41) is 4.24. The van der Waals surface area contributed by atoms with Gasteiger partial charge >= 0.3 is 0 Å². The Morgan fingerprint density at radius 1 is 0.827 bits per heavy atom. The summed E-state index contributed by atoms with van der Waals surface area (Å²) < 4.78 is 28.0. The van der Waals surface area contributed by atoms with E-state index in [0.717, 1.165) is 80.3 Å². The Kier molecular flexibility index (Phi) is 11.8. The summed E-state index contributed by atoms with van der Waals surface area (Å²) in [6.07, 6.45) is 8.31. The predicted molar refractivity (Wildman–Crippen MR) is 195 cm³/mol. The van der Waals surface area contributed by atoms with E-state index < -0.39 is 5.92 Å². The Morgan fingerprint density at radius 2 is 1.56 bits per heavy atom. The Labute approximate surface area is 311 Å². The van der Waals surface area contributed by atoms with E-state index in [4.69, 9.17) is 4.98 Å². The fourth-order valence-electron chi connectivity index (χ4n) is 10.0. The first-order valence-corrected chi connectivity index (χ1v) is 21.0. The number of aryl methyl sites for hydroxylation is 1. The predicted octanol–water partition coefficient (Wildman–Crippen LogP) is 4.99. The zero-order chi connectivity index (χ0) is 36.4. The second-order valence-electron chi connectivity index (χ2n) is 16.8. The third-order valence-electron chi connectivity index (χ3n) is 13.4. The second-order valence-corrected chi connectivity index (χ2v) is 18.0. The van der Waals surface area contributed by atoms with Crippen molar-refractivity contribution in [3.8, 4) is 0 Å². The standard InChI is InChI=1S/C39H58F2N6O4S/c1-26-33-23-37(51)47-19-10-29(22-35(49)44-14-2-3-15-44)31(25-47)20-34(48)42-13-6-30-24-46(32-4-11-39(40,41)12-5-32)18-9-28(30)21-36(50)45-16-7-27(8-17-45)38(43-33)52-26/h27-32H,2-25H2,1H3,(H,42,48)/t28-,29-,30-,31-/m0/s1. The van der Waals surface area contributed by atoms with E-state index in [0.29, 0.717) is 64.8 Å². The van der Waals surface area contributed by atoms with Crippen molar-refractivity contribution in [2.24, 2.45) is 23.7 Å². The van der Waals surface area contributed by atoms with Gasteiger partial charge in [-0.1, -0.05) is 0 Å². The molecule has 7 heterocycles. The van der Waals surface area contributed by atoms with Crippen LogP contribution in [-0.4, -0.2) is 119 Å². The molecule has 10 nitrogen and oxygen atoms in total. The summed E-state index contributed by atoms with van der Waals surface area (Å²) in [4.78, 5) is 68.6. The third-order valence-corrected chi connectivity index (χ3v) is 14.6. The topological polar surface area (TPSA) is 106 Å². The quantitative estimate of drug-likeness (QED) is 0.468. The van der Waals surface area contributed by atoms with Crippen molar-refractivity contribution < 1.29 is 28.0 Å². The Bertz CT molecular complexity index is 1450.